The number of unbranched alkanes of at least 4 members (excludes halogenated alkanes) is 5. The minimum absolute atomic E-state index is 0.542. The van der Waals surface area contributed by atoms with Crippen LogP contribution >= 0.6 is 0 Å². The van der Waals surface area contributed by atoms with Crippen molar-refractivity contribution in [2.24, 2.45) is 0 Å². The number of hydrogen-bond acceptors (Lipinski definition) is 3. The zero-order chi connectivity index (χ0) is 13.2. The fraction of sp³-hybridized carbons (Fsp3) is 0.533. The van der Waals surface area contributed by atoms with Gasteiger partial charge in [0.25, 0.3) is 0 Å². The van der Waals surface area contributed by atoms with Crippen LogP contribution in [0.5, 0.6) is 0 Å². The number of anilines is 2. The zero-order valence-corrected chi connectivity index (χ0v) is 11.2. The third-order valence-corrected chi connectivity index (χ3v) is 3.03. The maximum atomic E-state index is 8.78. The molecule has 0 fully saturated rings. The van der Waals surface area contributed by atoms with Gasteiger partial charge in [-0.3, -0.25) is 0 Å². The van der Waals surface area contributed by atoms with E-state index in [0.29, 0.717) is 11.3 Å². The van der Waals surface area contributed by atoms with E-state index in [-0.39, 0.29) is 0 Å². The summed E-state index contributed by atoms with van der Waals surface area (Å²) in [6, 6.07) is 7.57. The molecule has 0 amide bonds. The van der Waals surface area contributed by atoms with Crippen molar-refractivity contribution in [1.29, 1.82) is 5.26 Å². The number of nitrogens with two attached hydrogens (primary N) is 1. The van der Waals surface area contributed by atoms with Crippen LogP contribution in [0.3, 0.4) is 0 Å². The summed E-state index contributed by atoms with van der Waals surface area (Å²) in [6.07, 6.45) is 7.77. The highest BCUT2D eigenvalue weighted by Crippen LogP contribution is 2.17. The molecule has 3 N–H and O–H groups in total. The van der Waals surface area contributed by atoms with E-state index in [1.807, 2.05) is 12.1 Å². The molecule has 1 aromatic rings. The van der Waals surface area contributed by atoms with E-state index in [4.69, 9.17) is 11.0 Å². The molecule has 0 aromatic heterocycles. The SMILES string of the molecule is CCCCCCCCNc1ccc(C#N)c(N)c1. The highest BCUT2D eigenvalue weighted by molar-refractivity contribution is 5.62. The monoisotopic (exact) mass is 245 g/mol. The van der Waals surface area contributed by atoms with Crippen molar-refractivity contribution in [2.45, 2.75) is 45.4 Å². The molecule has 18 heavy (non-hydrogen) atoms. The molecule has 0 spiro atoms. The van der Waals surface area contributed by atoms with Gasteiger partial charge in [0.1, 0.15) is 6.07 Å². The quantitative estimate of drug-likeness (QED) is 0.539. The molecule has 0 heterocycles. The van der Waals surface area contributed by atoms with E-state index in [0.717, 1.165) is 12.2 Å². The van der Waals surface area contributed by atoms with E-state index in [2.05, 4.69) is 18.3 Å². The molecular weight excluding hydrogens is 222 g/mol. The van der Waals surface area contributed by atoms with Gasteiger partial charge in [-0.2, -0.15) is 5.26 Å². The third-order valence-electron chi connectivity index (χ3n) is 3.03. The van der Waals surface area contributed by atoms with Crippen molar-refractivity contribution in [3.63, 3.8) is 0 Å². The van der Waals surface area contributed by atoms with E-state index in [1.165, 1.54) is 38.5 Å². The van der Waals surface area contributed by atoms with Crippen molar-refractivity contribution in [2.75, 3.05) is 17.6 Å². The van der Waals surface area contributed by atoms with Gasteiger partial charge in [-0.25, -0.2) is 0 Å². The molecule has 1 aromatic carbocycles. The van der Waals surface area contributed by atoms with E-state index >= 15 is 0 Å². The number of nitrogens with zero attached hydrogens (tertiary/aromatic N) is 1. The standard InChI is InChI=1S/C15H23N3/c1-2-3-4-5-6-7-10-18-14-9-8-13(12-16)15(17)11-14/h8-9,11,18H,2-7,10,17H2,1H3. The van der Waals surface area contributed by atoms with Crippen LogP contribution in [0.2, 0.25) is 0 Å². The Morgan fingerprint density at radius 3 is 2.56 bits per heavy atom. The Bertz CT molecular complexity index is 393. The fourth-order valence-electron chi connectivity index (χ4n) is 1.91. The van der Waals surface area contributed by atoms with Crippen LogP contribution in [0, 0.1) is 11.3 Å². The van der Waals surface area contributed by atoms with Crippen LogP contribution in [-0.2, 0) is 0 Å². The average molecular weight is 245 g/mol. The van der Waals surface area contributed by atoms with E-state index in [1.54, 1.807) is 6.07 Å². The van der Waals surface area contributed by atoms with Crippen molar-refractivity contribution in [3.8, 4) is 6.07 Å². The first-order valence-corrected chi connectivity index (χ1v) is 6.81. The lowest BCUT2D eigenvalue weighted by atomic mass is 10.1. The number of hydrogen-bond donors (Lipinski definition) is 2. The molecule has 98 valence electrons. The molecule has 3 nitrogen and oxygen atoms in total. The fourth-order valence-corrected chi connectivity index (χ4v) is 1.91. The van der Waals surface area contributed by atoms with Gasteiger partial charge in [0.15, 0.2) is 0 Å². The van der Waals surface area contributed by atoms with Gasteiger partial charge in [0.2, 0.25) is 0 Å². The normalized spacial score (nSPS) is 10.0. The minimum atomic E-state index is 0.542. The zero-order valence-electron chi connectivity index (χ0n) is 11.2. The topological polar surface area (TPSA) is 61.8 Å². The first kappa shape index (κ1) is 14.4. The minimum Gasteiger partial charge on any atom is -0.398 e. The Morgan fingerprint density at radius 2 is 1.89 bits per heavy atom. The van der Waals surface area contributed by atoms with Gasteiger partial charge in [0, 0.05) is 12.2 Å². The number of benzene rings is 1. The van der Waals surface area contributed by atoms with E-state index in [9.17, 15) is 0 Å². The molecule has 0 bridgehead atoms. The van der Waals surface area contributed by atoms with Gasteiger partial charge in [0.05, 0.1) is 11.3 Å². The lowest BCUT2D eigenvalue weighted by Gasteiger charge is -2.07. The molecule has 0 aliphatic heterocycles. The first-order chi connectivity index (χ1) is 8.77. The Labute approximate surface area is 110 Å². The summed E-state index contributed by atoms with van der Waals surface area (Å²) >= 11 is 0. The molecule has 0 unspecified atom stereocenters. The number of nitrogen functional groups attached to an aromatic ring is 1. The summed E-state index contributed by atoms with van der Waals surface area (Å²) in [5.74, 6) is 0. The largest absolute Gasteiger partial charge is 0.398 e. The van der Waals surface area contributed by atoms with Crippen LogP contribution in [0.15, 0.2) is 18.2 Å². The summed E-state index contributed by atoms with van der Waals surface area (Å²) in [7, 11) is 0. The molecule has 1 rings (SSSR count). The van der Waals surface area contributed by atoms with Crippen molar-refractivity contribution in [1.82, 2.24) is 0 Å². The number of nitrogens with one attached hydrogen (secondary N) is 1. The Kier molecular flexibility index (Phi) is 6.71. The lowest BCUT2D eigenvalue weighted by Crippen LogP contribution is -2.02. The second-order valence-corrected chi connectivity index (χ2v) is 4.61. The predicted molar refractivity (Wildman–Crippen MR) is 77.4 cm³/mol. The molecule has 0 saturated heterocycles. The second kappa shape index (κ2) is 8.41. The summed E-state index contributed by atoms with van der Waals surface area (Å²) < 4.78 is 0. The van der Waals surface area contributed by atoms with Crippen LogP contribution in [0.25, 0.3) is 0 Å². The molecule has 3 heteroatoms. The number of rotatable bonds is 8. The van der Waals surface area contributed by atoms with Crippen LogP contribution < -0.4 is 11.1 Å². The molecule has 0 atom stereocenters. The lowest BCUT2D eigenvalue weighted by molar-refractivity contribution is 0.617. The second-order valence-electron chi connectivity index (χ2n) is 4.61. The van der Waals surface area contributed by atoms with Crippen LogP contribution in [-0.4, -0.2) is 6.54 Å². The van der Waals surface area contributed by atoms with Gasteiger partial charge in [-0.1, -0.05) is 39.0 Å². The first-order valence-electron chi connectivity index (χ1n) is 6.81. The Hall–Kier alpha value is -1.69. The van der Waals surface area contributed by atoms with Crippen LogP contribution in [0.4, 0.5) is 11.4 Å². The highest BCUT2D eigenvalue weighted by Gasteiger charge is 1.99. The maximum absolute atomic E-state index is 8.78. The van der Waals surface area contributed by atoms with Crippen LogP contribution in [0.1, 0.15) is 51.0 Å². The molecule has 0 aliphatic rings. The molecule has 0 radical (unpaired) electrons. The van der Waals surface area contributed by atoms with Crippen molar-refractivity contribution < 1.29 is 0 Å². The smallest absolute Gasteiger partial charge is 0.101 e. The Balaban J connectivity index is 2.20. The van der Waals surface area contributed by atoms with Crippen molar-refractivity contribution in [3.05, 3.63) is 23.8 Å². The summed E-state index contributed by atoms with van der Waals surface area (Å²) in [4.78, 5) is 0. The van der Waals surface area contributed by atoms with Gasteiger partial charge >= 0.3 is 0 Å². The maximum Gasteiger partial charge on any atom is 0.101 e. The summed E-state index contributed by atoms with van der Waals surface area (Å²) in [6.45, 7) is 3.20. The highest BCUT2D eigenvalue weighted by atomic mass is 14.9. The molecular formula is C15H23N3. The summed E-state index contributed by atoms with van der Waals surface area (Å²) in [5, 5.41) is 12.1. The number of nitriles is 1. The Morgan fingerprint density at radius 1 is 1.17 bits per heavy atom. The van der Waals surface area contributed by atoms with E-state index < -0.39 is 0 Å². The molecule has 0 aliphatic carbocycles. The van der Waals surface area contributed by atoms with Gasteiger partial charge < -0.3 is 11.1 Å². The third kappa shape index (κ3) is 5.09. The van der Waals surface area contributed by atoms with Gasteiger partial charge in [-0.05, 0) is 24.6 Å². The average Bonchev–Trinajstić information content (AvgIpc) is 2.38. The molecule has 0 saturated carbocycles. The van der Waals surface area contributed by atoms with Crippen molar-refractivity contribution >= 4 is 11.4 Å². The van der Waals surface area contributed by atoms with Gasteiger partial charge in [-0.15, -0.1) is 0 Å². The predicted octanol–water partition coefficient (Wildman–Crippen LogP) is 3.91. The summed E-state index contributed by atoms with van der Waals surface area (Å²) in [5.41, 5.74) is 7.84.